The minimum absolute atomic E-state index is 0.273. The normalized spacial score (nSPS) is 12.3. The highest BCUT2D eigenvalue weighted by atomic mass is 35.5. The van der Waals surface area contributed by atoms with Crippen molar-refractivity contribution >= 4 is 33.2 Å². The number of carbonyl (C=O) groups excluding carboxylic acids is 1. The second-order valence-corrected chi connectivity index (χ2v) is 9.09. The van der Waals surface area contributed by atoms with E-state index in [0.717, 1.165) is 21.9 Å². The lowest BCUT2D eigenvalue weighted by molar-refractivity contribution is -0.120. The number of benzene rings is 2. The van der Waals surface area contributed by atoms with Gasteiger partial charge in [-0.05, 0) is 56.2 Å². The van der Waals surface area contributed by atoms with Crippen LogP contribution in [-0.2, 0) is 14.8 Å². The number of amides is 1. The van der Waals surface area contributed by atoms with Crippen molar-refractivity contribution in [2.24, 2.45) is 0 Å². The van der Waals surface area contributed by atoms with Crippen LogP contribution >= 0.6 is 11.6 Å². The Morgan fingerprint density at radius 1 is 1.18 bits per heavy atom. The number of aryl methyl sites for hydroxylation is 2. The summed E-state index contributed by atoms with van der Waals surface area (Å²) in [5.41, 5.74) is 2.09. The molecule has 0 fully saturated rings. The van der Waals surface area contributed by atoms with E-state index in [4.69, 9.17) is 16.3 Å². The highest BCUT2D eigenvalue weighted by molar-refractivity contribution is 7.92. The molecule has 6 nitrogen and oxygen atoms in total. The Kier molecular flexibility index (Phi) is 7.32. The zero-order chi connectivity index (χ0) is 20.9. The minimum Gasteiger partial charge on any atom is -0.491 e. The van der Waals surface area contributed by atoms with E-state index >= 15 is 0 Å². The van der Waals surface area contributed by atoms with Crippen LogP contribution in [0.1, 0.15) is 18.1 Å². The molecule has 28 heavy (non-hydrogen) atoms. The number of rotatable bonds is 8. The van der Waals surface area contributed by atoms with Crippen molar-refractivity contribution < 1.29 is 17.9 Å². The van der Waals surface area contributed by atoms with Crippen LogP contribution in [0.25, 0.3) is 0 Å². The summed E-state index contributed by atoms with van der Waals surface area (Å²) in [5.74, 6) is 0.332. The summed E-state index contributed by atoms with van der Waals surface area (Å²) in [6, 6.07) is 12.2. The standard InChI is InChI=1S/C20H25ClN2O4S/c1-14-7-5-6-8-19(14)27-13-16(3)22-20(24)12-23(28(4,25)26)18-10-9-17(21)11-15(18)2/h5-11,16H,12-13H2,1-4H3,(H,22,24)/t16-/m1/s1. The van der Waals surface area contributed by atoms with Gasteiger partial charge in [0.25, 0.3) is 0 Å². The number of nitrogens with zero attached hydrogens (tertiary/aromatic N) is 1. The van der Waals surface area contributed by atoms with Crippen molar-refractivity contribution in [2.75, 3.05) is 23.7 Å². The van der Waals surface area contributed by atoms with Crippen LogP contribution in [0.15, 0.2) is 42.5 Å². The van der Waals surface area contributed by atoms with E-state index < -0.39 is 15.9 Å². The topological polar surface area (TPSA) is 75.7 Å². The molecular formula is C20H25ClN2O4S. The van der Waals surface area contributed by atoms with Crippen molar-refractivity contribution in [3.63, 3.8) is 0 Å². The highest BCUT2D eigenvalue weighted by Crippen LogP contribution is 2.25. The number of halogens is 1. The molecule has 0 saturated carbocycles. The molecule has 0 saturated heterocycles. The molecule has 2 rings (SSSR count). The SMILES string of the molecule is Cc1ccccc1OC[C@@H](C)NC(=O)CN(c1ccc(Cl)cc1C)S(C)(=O)=O. The second-order valence-electron chi connectivity index (χ2n) is 6.75. The predicted octanol–water partition coefficient (Wildman–Crippen LogP) is 3.31. The molecule has 0 aliphatic heterocycles. The van der Waals surface area contributed by atoms with Crippen LogP contribution in [0, 0.1) is 13.8 Å². The second kappa shape index (κ2) is 9.30. The third kappa shape index (κ3) is 6.14. The molecule has 2 aromatic carbocycles. The Hall–Kier alpha value is -2.25. The summed E-state index contributed by atoms with van der Waals surface area (Å²) in [6.45, 7) is 5.44. The Bertz CT molecular complexity index is 947. The van der Waals surface area contributed by atoms with E-state index in [0.29, 0.717) is 16.3 Å². The fraction of sp³-hybridized carbons (Fsp3) is 0.350. The van der Waals surface area contributed by atoms with Gasteiger partial charge in [0, 0.05) is 5.02 Å². The molecule has 0 aliphatic rings. The van der Waals surface area contributed by atoms with Gasteiger partial charge in [-0.3, -0.25) is 9.10 Å². The Morgan fingerprint density at radius 3 is 2.46 bits per heavy atom. The van der Waals surface area contributed by atoms with Gasteiger partial charge in [0.1, 0.15) is 18.9 Å². The van der Waals surface area contributed by atoms with Crippen molar-refractivity contribution in [1.29, 1.82) is 0 Å². The molecule has 0 aromatic heterocycles. The van der Waals surface area contributed by atoms with Crippen LogP contribution in [0.5, 0.6) is 5.75 Å². The number of hydrogen-bond donors (Lipinski definition) is 1. The van der Waals surface area contributed by atoms with Gasteiger partial charge in [-0.25, -0.2) is 8.42 Å². The highest BCUT2D eigenvalue weighted by Gasteiger charge is 2.23. The smallest absolute Gasteiger partial charge is 0.241 e. The maximum absolute atomic E-state index is 12.4. The lowest BCUT2D eigenvalue weighted by Crippen LogP contribution is -2.45. The quantitative estimate of drug-likeness (QED) is 0.705. The Balaban J connectivity index is 2.02. The average molecular weight is 425 g/mol. The number of carbonyl (C=O) groups is 1. The maximum atomic E-state index is 12.4. The summed E-state index contributed by atoms with van der Waals surface area (Å²) in [7, 11) is -3.65. The summed E-state index contributed by atoms with van der Waals surface area (Å²) < 4.78 is 31.3. The van der Waals surface area contributed by atoms with Gasteiger partial charge in [-0.15, -0.1) is 0 Å². The molecule has 1 atom stereocenters. The number of sulfonamides is 1. The first kappa shape index (κ1) is 22.0. The zero-order valence-electron chi connectivity index (χ0n) is 16.4. The van der Waals surface area contributed by atoms with Gasteiger partial charge in [0.2, 0.25) is 15.9 Å². The largest absolute Gasteiger partial charge is 0.491 e. The number of ether oxygens (including phenoxy) is 1. The first-order chi connectivity index (χ1) is 13.1. The molecule has 8 heteroatoms. The third-order valence-corrected chi connectivity index (χ3v) is 5.47. The van der Waals surface area contributed by atoms with E-state index in [2.05, 4.69) is 5.32 Å². The lowest BCUT2D eigenvalue weighted by atomic mass is 10.2. The van der Waals surface area contributed by atoms with Gasteiger partial charge < -0.3 is 10.1 Å². The van der Waals surface area contributed by atoms with E-state index in [1.807, 2.05) is 31.2 Å². The van der Waals surface area contributed by atoms with Gasteiger partial charge in [0.05, 0.1) is 18.0 Å². The maximum Gasteiger partial charge on any atom is 0.241 e. The average Bonchev–Trinajstić information content (AvgIpc) is 2.58. The number of anilines is 1. The molecule has 0 radical (unpaired) electrons. The summed E-state index contributed by atoms with van der Waals surface area (Å²) in [4.78, 5) is 12.4. The molecule has 0 heterocycles. The van der Waals surface area contributed by atoms with Gasteiger partial charge in [-0.1, -0.05) is 29.8 Å². The van der Waals surface area contributed by atoms with Crippen LogP contribution in [0.3, 0.4) is 0 Å². The van der Waals surface area contributed by atoms with Crippen molar-refractivity contribution in [3.05, 3.63) is 58.6 Å². The van der Waals surface area contributed by atoms with Crippen LogP contribution < -0.4 is 14.4 Å². The van der Waals surface area contributed by atoms with Gasteiger partial charge in [0.15, 0.2) is 0 Å². The molecule has 152 valence electrons. The molecule has 2 aromatic rings. The fourth-order valence-corrected chi connectivity index (χ4v) is 3.85. The minimum atomic E-state index is -3.65. The van der Waals surface area contributed by atoms with Crippen LogP contribution in [-0.4, -0.2) is 39.8 Å². The molecule has 0 bridgehead atoms. The monoisotopic (exact) mass is 424 g/mol. The molecule has 0 unspecified atom stereocenters. The van der Waals surface area contributed by atoms with Crippen LogP contribution in [0.2, 0.25) is 5.02 Å². The van der Waals surface area contributed by atoms with E-state index in [1.54, 1.807) is 32.0 Å². The molecule has 1 N–H and O–H groups in total. The third-order valence-electron chi connectivity index (χ3n) is 4.10. The van der Waals surface area contributed by atoms with Gasteiger partial charge in [-0.2, -0.15) is 0 Å². The predicted molar refractivity (Wildman–Crippen MR) is 113 cm³/mol. The van der Waals surface area contributed by atoms with Crippen molar-refractivity contribution in [2.45, 2.75) is 26.8 Å². The Labute approximate surface area is 171 Å². The summed E-state index contributed by atoms with van der Waals surface area (Å²) >= 11 is 5.95. The number of para-hydroxylation sites is 1. The first-order valence-electron chi connectivity index (χ1n) is 8.79. The molecular weight excluding hydrogens is 400 g/mol. The fourth-order valence-electron chi connectivity index (χ4n) is 2.71. The first-order valence-corrected chi connectivity index (χ1v) is 11.0. The lowest BCUT2D eigenvalue weighted by Gasteiger charge is -2.25. The molecule has 1 amide bonds. The van der Waals surface area contributed by atoms with Crippen LogP contribution in [0.4, 0.5) is 5.69 Å². The summed E-state index contributed by atoms with van der Waals surface area (Å²) in [6.07, 6.45) is 1.07. The summed E-state index contributed by atoms with van der Waals surface area (Å²) in [5, 5.41) is 3.28. The number of hydrogen-bond acceptors (Lipinski definition) is 4. The van der Waals surface area contributed by atoms with Crippen molar-refractivity contribution in [3.8, 4) is 5.75 Å². The zero-order valence-corrected chi connectivity index (χ0v) is 18.0. The number of nitrogens with one attached hydrogen (secondary N) is 1. The molecule has 0 spiro atoms. The van der Waals surface area contributed by atoms with E-state index in [1.165, 1.54) is 0 Å². The van der Waals surface area contributed by atoms with E-state index in [9.17, 15) is 13.2 Å². The Morgan fingerprint density at radius 2 is 1.86 bits per heavy atom. The van der Waals surface area contributed by atoms with E-state index in [-0.39, 0.29) is 19.2 Å². The van der Waals surface area contributed by atoms with Gasteiger partial charge >= 0.3 is 0 Å². The molecule has 0 aliphatic carbocycles. The van der Waals surface area contributed by atoms with Crippen molar-refractivity contribution in [1.82, 2.24) is 5.32 Å².